The van der Waals surface area contributed by atoms with Crippen LogP contribution in [0.3, 0.4) is 0 Å². The summed E-state index contributed by atoms with van der Waals surface area (Å²) in [6.45, 7) is 0. The van der Waals surface area contributed by atoms with Crippen molar-refractivity contribution in [2.75, 3.05) is 0 Å². The molecule has 0 aromatic heterocycles. The summed E-state index contributed by atoms with van der Waals surface area (Å²) in [6.07, 6.45) is 1.60. The average Bonchev–Trinajstić information content (AvgIpc) is 2.73. The summed E-state index contributed by atoms with van der Waals surface area (Å²) in [4.78, 5) is -1.22. The van der Waals surface area contributed by atoms with Crippen LogP contribution in [0.2, 0.25) is 0 Å². The first-order valence-corrected chi connectivity index (χ1v) is 7.40. The van der Waals surface area contributed by atoms with E-state index in [1.807, 2.05) is 6.07 Å². The molecule has 8 heteroatoms. The Labute approximate surface area is 114 Å². The molecular weight excluding hydrogens is 293 g/mol. The number of nitrogens with zero attached hydrogens (tertiary/aromatic N) is 1. The third-order valence-corrected chi connectivity index (χ3v) is 4.76. The molecule has 1 aliphatic rings. The number of rotatable bonds is 3. The Hall–Kier alpha value is -1.59. The van der Waals surface area contributed by atoms with E-state index in [1.165, 1.54) is 0 Å². The molecule has 108 valence electrons. The highest BCUT2D eigenvalue weighted by molar-refractivity contribution is 7.89. The number of hydrogen-bond donors (Lipinski definition) is 1. The predicted molar refractivity (Wildman–Crippen MR) is 63.4 cm³/mol. The summed E-state index contributed by atoms with van der Waals surface area (Å²) in [5, 5.41) is 8.87. The third kappa shape index (κ3) is 2.78. The number of benzene rings is 1. The highest BCUT2D eigenvalue weighted by Crippen LogP contribution is 2.27. The Bertz CT molecular complexity index is 647. The zero-order chi connectivity index (χ0) is 14.9. The number of nitrogens with one attached hydrogen (secondary N) is 1. The van der Waals surface area contributed by atoms with Crippen molar-refractivity contribution in [1.29, 1.82) is 5.26 Å². The van der Waals surface area contributed by atoms with Crippen LogP contribution in [0.1, 0.15) is 19.3 Å². The van der Waals surface area contributed by atoms with Gasteiger partial charge in [-0.1, -0.05) is 6.42 Å². The van der Waals surface area contributed by atoms with Gasteiger partial charge in [0.25, 0.3) is 0 Å². The van der Waals surface area contributed by atoms with Gasteiger partial charge in [0.05, 0.1) is 12.0 Å². The standard InChI is InChI=1S/C12H11F3N2O2S/c13-8-4-9(14)12(10(15)5-8)20(18,19)17-11-3-1-2-7(11)6-16/h4-5,7,11,17H,1-3H2. The fourth-order valence-electron chi connectivity index (χ4n) is 2.30. The Kier molecular flexibility index (Phi) is 4.01. The molecule has 0 saturated heterocycles. The molecule has 0 spiro atoms. The van der Waals surface area contributed by atoms with E-state index in [1.54, 1.807) is 0 Å². The minimum Gasteiger partial charge on any atom is -0.207 e. The summed E-state index contributed by atoms with van der Waals surface area (Å²) in [7, 11) is -4.48. The molecule has 1 N–H and O–H groups in total. The monoisotopic (exact) mass is 304 g/mol. The van der Waals surface area contributed by atoms with Gasteiger partial charge >= 0.3 is 0 Å². The van der Waals surface area contributed by atoms with Gasteiger partial charge in [-0.15, -0.1) is 0 Å². The molecule has 0 bridgehead atoms. The summed E-state index contributed by atoms with van der Waals surface area (Å²) in [5.74, 6) is -4.73. The number of hydrogen-bond acceptors (Lipinski definition) is 3. The Morgan fingerprint density at radius 3 is 2.35 bits per heavy atom. The Morgan fingerprint density at radius 1 is 1.20 bits per heavy atom. The van der Waals surface area contributed by atoms with E-state index >= 15 is 0 Å². The van der Waals surface area contributed by atoms with Crippen molar-refractivity contribution < 1.29 is 21.6 Å². The number of nitriles is 1. The molecule has 4 nitrogen and oxygen atoms in total. The van der Waals surface area contributed by atoms with Crippen LogP contribution in [0, 0.1) is 34.7 Å². The Morgan fingerprint density at radius 2 is 1.80 bits per heavy atom. The van der Waals surface area contributed by atoms with Gasteiger partial charge in [-0.3, -0.25) is 0 Å². The van der Waals surface area contributed by atoms with Gasteiger partial charge in [0.1, 0.15) is 17.5 Å². The van der Waals surface area contributed by atoms with Gasteiger partial charge in [-0.05, 0) is 12.8 Å². The van der Waals surface area contributed by atoms with Crippen LogP contribution < -0.4 is 4.72 Å². The van der Waals surface area contributed by atoms with Crippen LogP contribution in [0.4, 0.5) is 13.2 Å². The van der Waals surface area contributed by atoms with Gasteiger partial charge in [0.2, 0.25) is 10.0 Å². The lowest BCUT2D eigenvalue weighted by Gasteiger charge is -2.16. The topological polar surface area (TPSA) is 70.0 Å². The molecule has 1 aliphatic carbocycles. The van der Waals surface area contributed by atoms with Crippen molar-refractivity contribution in [3.63, 3.8) is 0 Å². The predicted octanol–water partition coefficient (Wildman–Crippen LogP) is 2.07. The van der Waals surface area contributed by atoms with Crippen LogP contribution >= 0.6 is 0 Å². The molecule has 1 aromatic carbocycles. The SMILES string of the molecule is N#CC1CCCC1NS(=O)(=O)c1c(F)cc(F)cc1F. The van der Waals surface area contributed by atoms with Gasteiger partial charge in [-0.25, -0.2) is 26.3 Å². The Balaban J connectivity index is 2.35. The van der Waals surface area contributed by atoms with E-state index < -0.39 is 44.3 Å². The number of halogens is 3. The second-order valence-electron chi connectivity index (χ2n) is 4.59. The fraction of sp³-hybridized carbons (Fsp3) is 0.417. The van der Waals surface area contributed by atoms with Gasteiger partial charge in [-0.2, -0.15) is 5.26 Å². The lowest BCUT2D eigenvalue weighted by atomic mass is 10.1. The lowest BCUT2D eigenvalue weighted by molar-refractivity contribution is 0.480. The van der Waals surface area contributed by atoms with E-state index in [0.29, 0.717) is 31.4 Å². The zero-order valence-corrected chi connectivity index (χ0v) is 11.1. The van der Waals surface area contributed by atoms with Crippen molar-refractivity contribution >= 4 is 10.0 Å². The van der Waals surface area contributed by atoms with Crippen molar-refractivity contribution in [1.82, 2.24) is 4.72 Å². The molecule has 1 saturated carbocycles. The highest BCUT2D eigenvalue weighted by atomic mass is 32.2. The maximum atomic E-state index is 13.5. The minimum atomic E-state index is -4.48. The third-order valence-electron chi connectivity index (χ3n) is 3.22. The highest BCUT2D eigenvalue weighted by Gasteiger charge is 2.34. The van der Waals surface area contributed by atoms with Crippen LogP contribution in [-0.4, -0.2) is 14.5 Å². The van der Waals surface area contributed by atoms with Crippen molar-refractivity contribution in [2.24, 2.45) is 5.92 Å². The quantitative estimate of drug-likeness (QED) is 0.929. The van der Waals surface area contributed by atoms with Crippen LogP contribution in [0.15, 0.2) is 17.0 Å². The fourth-order valence-corrected chi connectivity index (χ4v) is 3.73. The first-order valence-electron chi connectivity index (χ1n) is 5.91. The first kappa shape index (κ1) is 14.8. The molecule has 0 heterocycles. The molecular formula is C12H11F3N2O2S. The smallest absolute Gasteiger partial charge is 0.207 e. The largest absolute Gasteiger partial charge is 0.246 e. The molecule has 0 aliphatic heterocycles. The summed E-state index contributed by atoms with van der Waals surface area (Å²) in [5.41, 5.74) is 0. The van der Waals surface area contributed by atoms with E-state index in [4.69, 9.17) is 5.26 Å². The lowest BCUT2D eigenvalue weighted by Crippen LogP contribution is -2.37. The van der Waals surface area contributed by atoms with Gasteiger partial charge in [0, 0.05) is 18.2 Å². The zero-order valence-electron chi connectivity index (χ0n) is 10.2. The van der Waals surface area contributed by atoms with Crippen molar-refractivity contribution in [2.45, 2.75) is 30.2 Å². The van der Waals surface area contributed by atoms with Crippen molar-refractivity contribution in [3.8, 4) is 6.07 Å². The van der Waals surface area contributed by atoms with Crippen molar-refractivity contribution in [3.05, 3.63) is 29.6 Å². The van der Waals surface area contributed by atoms with Crippen LogP contribution in [0.5, 0.6) is 0 Å². The summed E-state index contributed by atoms with van der Waals surface area (Å²) < 4.78 is 65.9. The molecule has 0 amide bonds. The molecule has 2 unspecified atom stereocenters. The van der Waals surface area contributed by atoms with Crippen LogP contribution in [-0.2, 0) is 10.0 Å². The van der Waals surface area contributed by atoms with Crippen LogP contribution in [0.25, 0.3) is 0 Å². The second-order valence-corrected chi connectivity index (χ2v) is 6.24. The van der Waals surface area contributed by atoms with Gasteiger partial charge in [0.15, 0.2) is 4.90 Å². The molecule has 2 rings (SSSR count). The minimum absolute atomic E-state index is 0.300. The average molecular weight is 304 g/mol. The molecule has 1 aromatic rings. The second kappa shape index (κ2) is 5.42. The molecule has 0 radical (unpaired) electrons. The molecule has 2 atom stereocenters. The molecule has 20 heavy (non-hydrogen) atoms. The molecule has 1 fully saturated rings. The number of sulfonamides is 1. The normalized spacial score (nSPS) is 22.7. The first-order chi connectivity index (χ1) is 9.35. The maximum absolute atomic E-state index is 13.5. The summed E-state index contributed by atoms with van der Waals surface area (Å²) in [6, 6.07) is 1.87. The van der Waals surface area contributed by atoms with E-state index in [-0.39, 0.29) is 0 Å². The summed E-state index contributed by atoms with van der Waals surface area (Å²) >= 11 is 0. The van der Waals surface area contributed by atoms with E-state index in [9.17, 15) is 21.6 Å². The maximum Gasteiger partial charge on any atom is 0.246 e. The van der Waals surface area contributed by atoms with E-state index in [2.05, 4.69) is 4.72 Å². The van der Waals surface area contributed by atoms with E-state index in [0.717, 1.165) is 0 Å². The van der Waals surface area contributed by atoms with Gasteiger partial charge < -0.3 is 0 Å².